The average Bonchev–Trinajstić information content (AvgIpc) is 3.13. The van der Waals surface area contributed by atoms with Crippen molar-refractivity contribution >= 4 is 23.7 Å². The summed E-state index contributed by atoms with van der Waals surface area (Å²) in [6.45, 7) is 5.60. The number of aliphatic imine (C=N–C) groups is 1. The largest absolute Gasteiger partial charge is 0.443 e. The Balaban J connectivity index is 1.91. The van der Waals surface area contributed by atoms with E-state index in [-0.39, 0.29) is 6.09 Å². The fraction of sp³-hybridized carbons (Fsp3) is 0.280. The Morgan fingerprint density at radius 1 is 1.03 bits per heavy atom. The van der Waals surface area contributed by atoms with E-state index in [0.717, 1.165) is 41.1 Å². The van der Waals surface area contributed by atoms with Crippen molar-refractivity contribution in [3.05, 3.63) is 83.7 Å². The summed E-state index contributed by atoms with van der Waals surface area (Å²) in [6, 6.07) is 19.7. The maximum Gasteiger partial charge on any atom is 0.414 e. The molecule has 3 rings (SSSR count). The van der Waals surface area contributed by atoms with Crippen LogP contribution in [-0.2, 0) is 4.74 Å². The predicted molar refractivity (Wildman–Crippen MR) is 123 cm³/mol. The summed E-state index contributed by atoms with van der Waals surface area (Å²) in [4.78, 5) is 18.9. The summed E-state index contributed by atoms with van der Waals surface area (Å²) in [5.74, 6) is 0. The van der Waals surface area contributed by atoms with E-state index in [1.807, 2.05) is 93.8 Å². The minimum absolute atomic E-state index is 0.379. The monoisotopic (exact) mass is 403 g/mol. The first kappa shape index (κ1) is 21.4. The quantitative estimate of drug-likeness (QED) is 0.596. The summed E-state index contributed by atoms with van der Waals surface area (Å²) in [5, 5.41) is 3.33. The second-order valence-corrected chi connectivity index (χ2v) is 8.19. The summed E-state index contributed by atoms with van der Waals surface area (Å²) in [7, 11) is 1.75. The number of anilines is 1. The van der Waals surface area contributed by atoms with Gasteiger partial charge in [0.05, 0.1) is 11.4 Å². The van der Waals surface area contributed by atoms with Gasteiger partial charge in [-0.1, -0.05) is 36.4 Å². The first-order valence-corrected chi connectivity index (χ1v) is 10.1. The predicted octanol–water partition coefficient (Wildman–Crippen LogP) is 6.30. The molecule has 5 nitrogen and oxygen atoms in total. The zero-order valence-electron chi connectivity index (χ0n) is 18.1. The second kappa shape index (κ2) is 9.44. The Hall–Kier alpha value is -3.34. The van der Waals surface area contributed by atoms with Gasteiger partial charge in [-0.05, 0) is 69.0 Å². The molecule has 2 aromatic carbocycles. The van der Waals surface area contributed by atoms with Crippen molar-refractivity contribution in [2.24, 2.45) is 4.99 Å². The maximum absolute atomic E-state index is 12.8. The third kappa shape index (κ3) is 5.83. The van der Waals surface area contributed by atoms with Gasteiger partial charge < -0.3 is 10.1 Å². The Labute approximate surface area is 178 Å². The SMILES string of the molecule is CN(C(=O)OC(C)(C)C)C1=C(C=Nc2ccccc2)CCC1=CNc1ccccc1. The Bertz CT molecular complexity index is 955. The number of ether oxygens (including phenoxy) is 1. The standard InChI is InChI=1S/C25H29N3O2/c1-25(2,3)30-24(29)28(4)23-19(17-26-21-11-7-5-8-12-21)15-16-20(23)18-27-22-13-9-6-10-14-22/h5-14,17-18,26H,15-16H2,1-4H3. The molecule has 0 saturated carbocycles. The molecule has 0 atom stereocenters. The fourth-order valence-corrected chi connectivity index (χ4v) is 3.20. The number of hydrogen-bond acceptors (Lipinski definition) is 4. The summed E-state index contributed by atoms with van der Waals surface area (Å²) in [6.07, 6.45) is 5.07. The van der Waals surface area contributed by atoms with Crippen LogP contribution in [0.2, 0.25) is 0 Å². The van der Waals surface area contributed by atoms with E-state index in [9.17, 15) is 4.79 Å². The smallest absolute Gasteiger partial charge is 0.414 e. The average molecular weight is 404 g/mol. The van der Waals surface area contributed by atoms with E-state index in [2.05, 4.69) is 10.3 Å². The van der Waals surface area contributed by atoms with Crippen molar-refractivity contribution in [1.82, 2.24) is 4.90 Å². The van der Waals surface area contributed by atoms with Gasteiger partial charge in [0.1, 0.15) is 5.60 Å². The number of para-hydroxylation sites is 2. The molecule has 1 aliphatic carbocycles. The Morgan fingerprint density at radius 2 is 1.67 bits per heavy atom. The first-order valence-electron chi connectivity index (χ1n) is 10.1. The highest BCUT2D eigenvalue weighted by Crippen LogP contribution is 2.33. The van der Waals surface area contributed by atoms with Crippen molar-refractivity contribution in [3.63, 3.8) is 0 Å². The lowest BCUT2D eigenvalue weighted by molar-refractivity contribution is 0.0357. The van der Waals surface area contributed by atoms with E-state index in [1.165, 1.54) is 0 Å². The number of allylic oxidation sites excluding steroid dienone is 2. The first-order chi connectivity index (χ1) is 14.3. The molecule has 2 aromatic rings. The highest BCUT2D eigenvalue weighted by atomic mass is 16.6. The molecule has 0 spiro atoms. The zero-order chi connectivity index (χ0) is 21.6. The number of nitrogens with zero attached hydrogens (tertiary/aromatic N) is 2. The van der Waals surface area contributed by atoms with Crippen LogP contribution in [0.15, 0.2) is 88.7 Å². The van der Waals surface area contributed by atoms with Gasteiger partial charge in [0, 0.05) is 25.1 Å². The summed E-state index contributed by atoms with van der Waals surface area (Å²) < 4.78 is 5.59. The van der Waals surface area contributed by atoms with Crippen molar-refractivity contribution in [1.29, 1.82) is 0 Å². The van der Waals surface area contributed by atoms with Crippen LogP contribution in [0.4, 0.5) is 16.2 Å². The highest BCUT2D eigenvalue weighted by molar-refractivity contribution is 5.86. The number of carbonyl (C=O) groups is 1. The number of hydrogen-bond donors (Lipinski definition) is 1. The van der Waals surface area contributed by atoms with Crippen LogP contribution in [-0.4, -0.2) is 29.9 Å². The van der Waals surface area contributed by atoms with E-state index >= 15 is 0 Å². The summed E-state index contributed by atoms with van der Waals surface area (Å²) in [5.41, 5.74) is 4.21. The second-order valence-electron chi connectivity index (χ2n) is 8.19. The molecule has 5 heteroatoms. The molecule has 0 radical (unpaired) electrons. The number of likely N-dealkylation sites (N-methyl/N-ethyl adjacent to an activating group) is 1. The molecule has 0 saturated heterocycles. The molecule has 0 fully saturated rings. The minimum atomic E-state index is -0.561. The lowest BCUT2D eigenvalue weighted by Gasteiger charge is -2.26. The van der Waals surface area contributed by atoms with Crippen LogP contribution in [0.25, 0.3) is 0 Å². The molecule has 156 valence electrons. The maximum atomic E-state index is 12.8. The van der Waals surface area contributed by atoms with Gasteiger partial charge in [-0.2, -0.15) is 0 Å². The third-order valence-corrected chi connectivity index (χ3v) is 4.59. The molecule has 1 N–H and O–H groups in total. The molecule has 1 amide bonds. The van der Waals surface area contributed by atoms with Crippen molar-refractivity contribution in [2.45, 2.75) is 39.2 Å². The molecule has 0 aromatic heterocycles. The fourth-order valence-electron chi connectivity index (χ4n) is 3.20. The van der Waals surface area contributed by atoms with Gasteiger partial charge in [0.2, 0.25) is 0 Å². The van der Waals surface area contributed by atoms with E-state index in [0.29, 0.717) is 0 Å². The van der Waals surface area contributed by atoms with Crippen LogP contribution in [0, 0.1) is 0 Å². The number of benzene rings is 2. The summed E-state index contributed by atoms with van der Waals surface area (Å²) >= 11 is 0. The van der Waals surface area contributed by atoms with E-state index < -0.39 is 5.60 Å². The highest BCUT2D eigenvalue weighted by Gasteiger charge is 2.28. The molecule has 0 bridgehead atoms. The van der Waals surface area contributed by atoms with Crippen molar-refractivity contribution in [2.75, 3.05) is 12.4 Å². The minimum Gasteiger partial charge on any atom is -0.443 e. The van der Waals surface area contributed by atoms with Crippen molar-refractivity contribution < 1.29 is 9.53 Å². The number of carbonyl (C=O) groups excluding carboxylic acids is 1. The van der Waals surface area contributed by atoms with Crippen LogP contribution in [0.1, 0.15) is 33.6 Å². The van der Waals surface area contributed by atoms with E-state index in [1.54, 1.807) is 11.9 Å². The van der Waals surface area contributed by atoms with Gasteiger partial charge in [0.15, 0.2) is 0 Å². The number of rotatable bonds is 5. The Morgan fingerprint density at radius 3 is 2.30 bits per heavy atom. The Kier molecular flexibility index (Phi) is 6.72. The molecule has 0 heterocycles. The topological polar surface area (TPSA) is 53.9 Å². The van der Waals surface area contributed by atoms with Gasteiger partial charge in [-0.3, -0.25) is 9.89 Å². The molecule has 30 heavy (non-hydrogen) atoms. The van der Waals surface area contributed by atoms with Crippen LogP contribution >= 0.6 is 0 Å². The lowest BCUT2D eigenvalue weighted by Crippen LogP contribution is -2.34. The molecular weight excluding hydrogens is 374 g/mol. The van der Waals surface area contributed by atoms with Gasteiger partial charge >= 0.3 is 6.09 Å². The van der Waals surface area contributed by atoms with Crippen molar-refractivity contribution in [3.8, 4) is 0 Å². The number of amides is 1. The number of nitrogens with one attached hydrogen (secondary N) is 1. The van der Waals surface area contributed by atoms with Gasteiger partial charge in [-0.15, -0.1) is 0 Å². The van der Waals surface area contributed by atoms with Crippen LogP contribution < -0.4 is 5.32 Å². The molecular formula is C25H29N3O2. The van der Waals surface area contributed by atoms with Crippen LogP contribution in [0.5, 0.6) is 0 Å². The molecule has 1 aliphatic rings. The molecule has 0 aliphatic heterocycles. The van der Waals surface area contributed by atoms with Gasteiger partial charge in [0.25, 0.3) is 0 Å². The van der Waals surface area contributed by atoms with Gasteiger partial charge in [-0.25, -0.2) is 4.79 Å². The third-order valence-electron chi connectivity index (χ3n) is 4.59. The van der Waals surface area contributed by atoms with E-state index in [4.69, 9.17) is 4.74 Å². The molecule has 0 unspecified atom stereocenters. The van der Waals surface area contributed by atoms with Crippen LogP contribution in [0.3, 0.4) is 0 Å². The normalized spacial score (nSPS) is 15.7. The zero-order valence-corrected chi connectivity index (χ0v) is 18.1. The lowest BCUT2D eigenvalue weighted by atomic mass is 10.2.